The molecule has 1 aromatic rings. The van der Waals surface area contributed by atoms with Gasteiger partial charge in [-0.1, -0.05) is 32.9 Å². The number of hydrogen-bond acceptors (Lipinski definition) is 3. The second kappa shape index (κ2) is 7.29. The van der Waals surface area contributed by atoms with Crippen molar-refractivity contribution in [1.29, 1.82) is 0 Å². The van der Waals surface area contributed by atoms with E-state index in [2.05, 4.69) is 24.9 Å². The second-order valence-corrected chi connectivity index (χ2v) is 5.95. The molecule has 2 rings (SSSR count). The molecule has 1 amide bonds. The number of aliphatic hydroxyl groups excluding tert-OH is 1. The lowest BCUT2D eigenvalue weighted by Crippen LogP contribution is -2.35. The molecule has 0 fully saturated rings. The van der Waals surface area contributed by atoms with Crippen LogP contribution in [0, 0.1) is 5.92 Å². The van der Waals surface area contributed by atoms with Gasteiger partial charge in [-0.15, -0.1) is 0 Å². The first-order chi connectivity index (χ1) is 10.5. The van der Waals surface area contributed by atoms with Gasteiger partial charge in [-0.2, -0.15) is 0 Å². The Balaban J connectivity index is 2.05. The largest absolute Gasteiger partial charge is 0.503 e. The molecular formula is C17H25N3O2. The lowest BCUT2D eigenvalue weighted by Gasteiger charge is -2.24. The number of aromatic nitrogens is 2. The Morgan fingerprint density at radius 1 is 1.41 bits per heavy atom. The van der Waals surface area contributed by atoms with Crippen molar-refractivity contribution in [3.8, 4) is 0 Å². The Morgan fingerprint density at radius 2 is 2.18 bits per heavy atom. The Bertz CT molecular complexity index is 558. The van der Waals surface area contributed by atoms with Gasteiger partial charge in [0.25, 0.3) is 5.91 Å². The van der Waals surface area contributed by atoms with Crippen LogP contribution in [0.4, 0.5) is 0 Å². The summed E-state index contributed by atoms with van der Waals surface area (Å²) in [5.74, 6) is 0.105. The van der Waals surface area contributed by atoms with Crippen molar-refractivity contribution in [2.45, 2.75) is 46.2 Å². The minimum atomic E-state index is -0.249. The van der Waals surface area contributed by atoms with Crippen LogP contribution in [0.3, 0.4) is 0 Å². The van der Waals surface area contributed by atoms with Crippen molar-refractivity contribution >= 4 is 5.91 Å². The molecule has 0 radical (unpaired) electrons. The third-order valence-corrected chi connectivity index (χ3v) is 3.89. The molecule has 1 N–H and O–H groups in total. The first-order valence-electron chi connectivity index (χ1n) is 7.91. The van der Waals surface area contributed by atoms with Crippen LogP contribution in [0.2, 0.25) is 0 Å². The molecule has 0 bridgehead atoms. The Labute approximate surface area is 132 Å². The fourth-order valence-corrected chi connectivity index (χ4v) is 2.74. The third kappa shape index (κ3) is 3.59. The molecule has 5 nitrogen and oxygen atoms in total. The van der Waals surface area contributed by atoms with E-state index in [1.54, 1.807) is 17.4 Å². The molecule has 1 aliphatic rings. The lowest BCUT2D eigenvalue weighted by atomic mass is 10.0. The fraction of sp³-hybridized carbons (Fsp3) is 0.529. The van der Waals surface area contributed by atoms with Gasteiger partial charge >= 0.3 is 0 Å². The SMILES string of the molecule is CCC1=C(O)C(=O)N(CCCn2ccnc2)C1C=CC(C)C. The zero-order valence-corrected chi connectivity index (χ0v) is 13.6. The topological polar surface area (TPSA) is 58.4 Å². The van der Waals surface area contributed by atoms with Gasteiger partial charge in [-0.05, 0) is 18.8 Å². The van der Waals surface area contributed by atoms with E-state index in [9.17, 15) is 9.90 Å². The number of carbonyl (C=O) groups is 1. The molecule has 5 heteroatoms. The quantitative estimate of drug-likeness (QED) is 0.788. The van der Waals surface area contributed by atoms with Crippen LogP contribution in [0.5, 0.6) is 0 Å². The number of aliphatic hydroxyl groups is 1. The van der Waals surface area contributed by atoms with Crippen LogP contribution in [-0.4, -0.2) is 38.1 Å². The number of amides is 1. The maximum atomic E-state index is 12.3. The molecule has 1 unspecified atom stereocenters. The first kappa shape index (κ1) is 16.3. The van der Waals surface area contributed by atoms with Crippen LogP contribution >= 0.6 is 0 Å². The Morgan fingerprint density at radius 3 is 2.77 bits per heavy atom. The molecule has 0 saturated heterocycles. The highest BCUT2D eigenvalue weighted by atomic mass is 16.3. The summed E-state index contributed by atoms with van der Waals surface area (Å²) in [6, 6.07) is -0.109. The molecule has 0 aromatic carbocycles. The highest BCUT2D eigenvalue weighted by Gasteiger charge is 2.36. The average molecular weight is 303 g/mol. The Kier molecular flexibility index (Phi) is 5.41. The summed E-state index contributed by atoms with van der Waals surface area (Å²) in [7, 11) is 0. The molecular weight excluding hydrogens is 278 g/mol. The molecule has 22 heavy (non-hydrogen) atoms. The zero-order chi connectivity index (χ0) is 16.1. The number of imidazole rings is 1. The zero-order valence-electron chi connectivity index (χ0n) is 13.6. The fourth-order valence-electron chi connectivity index (χ4n) is 2.74. The van der Waals surface area contributed by atoms with Crippen LogP contribution in [0.15, 0.2) is 42.2 Å². The summed E-state index contributed by atoms with van der Waals surface area (Å²) in [5, 5.41) is 10.1. The van der Waals surface area contributed by atoms with Crippen LogP contribution in [0.25, 0.3) is 0 Å². The van der Waals surface area contributed by atoms with E-state index in [0.29, 0.717) is 18.9 Å². The van der Waals surface area contributed by atoms with Crippen molar-refractivity contribution in [2.24, 2.45) is 5.92 Å². The molecule has 1 aliphatic heterocycles. The summed E-state index contributed by atoms with van der Waals surface area (Å²) in [5.41, 5.74) is 0.824. The Hall–Kier alpha value is -2.04. The van der Waals surface area contributed by atoms with E-state index in [-0.39, 0.29) is 17.7 Å². The van der Waals surface area contributed by atoms with Crippen molar-refractivity contribution in [2.75, 3.05) is 6.54 Å². The normalized spacial score (nSPS) is 19.2. The van der Waals surface area contributed by atoms with E-state index < -0.39 is 0 Å². The van der Waals surface area contributed by atoms with Crippen molar-refractivity contribution in [1.82, 2.24) is 14.5 Å². The van der Waals surface area contributed by atoms with Crippen LogP contribution < -0.4 is 0 Å². The van der Waals surface area contributed by atoms with E-state index in [4.69, 9.17) is 0 Å². The van der Waals surface area contributed by atoms with Gasteiger partial charge in [0.05, 0.1) is 12.4 Å². The van der Waals surface area contributed by atoms with Crippen molar-refractivity contribution < 1.29 is 9.90 Å². The summed E-state index contributed by atoms with van der Waals surface area (Å²) < 4.78 is 1.99. The maximum absolute atomic E-state index is 12.3. The minimum Gasteiger partial charge on any atom is -0.503 e. The van der Waals surface area contributed by atoms with Gasteiger partial charge < -0.3 is 14.6 Å². The predicted molar refractivity (Wildman–Crippen MR) is 86.3 cm³/mol. The summed E-state index contributed by atoms with van der Waals surface area (Å²) in [4.78, 5) is 18.1. The smallest absolute Gasteiger partial charge is 0.289 e. The van der Waals surface area contributed by atoms with Gasteiger partial charge in [0, 0.05) is 31.1 Å². The average Bonchev–Trinajstić information content (AvgIpc) is 3.07. The van der Waals surface area contributed by atoms with Gasteiger partial charge in [0.1, 0.15) is 0 Å². The third-order valence-electron chi connectivity index (χ3n) is 3.89. The van der Waals surface area contributed by atoms with Gasteiger partial charge in [-0.25, -0.2) is 4.98 Å². The number of rotatable bonds is 7. The maximum Gasteiger partial charge on any atom is 0.289 e. The predicted octanol–water partition coefficient (Wildman–Crippen LogP) is 2.92. The minimum absolute atomic E-state index is 0.0662. The summed E-state index contributed by atoms with van der Waals surface area (Å²) >= 11 is 0. The van der Waals surface area contributed by atoms with Gasteiger partial charge in [0.2, 0.25) is 0 Å². The van der Waals surface area contributed by atoms with E-state index in [1.807, 2.05) is 23.8 Å². The number of allylic oxidation sites excluding steroid dienone is 1. The number of aryl methyl sites for hydroxylation is 1. The van der Waals surface area contributed by atoms with E-state index in [1.165, 1.54) is 0 Å². The molecule has 1 atom stereocenters. The van der Waals surface area contributed by atoms with Gasteiger partial charge in [0.15, 0.2) is 5.76 Å². The van der Waals surface area contributed by atoms with E-state index >= 15 is 0 Å². The molecule has 120 valence electrons. The summed E-state index contributed by atoms with van der Waals surface area (Å²) in [6.07, 6.45) is 11.1. The molecule has 2 heterocycles. The molecule has 1 aromatic heterocycles. The summed E-state index contributed by atoms with van der Waals surface area (Å²) in [6.45, 7) is 7.62. The monoisotopic (exact) mass is 303 g/mol. The molecule has 0 spiro atoms. The highest BCUT2D eigenvalue weighted by molar-refractivity contribution is 5.95. The molecule has 0 aliphatic carbocycles. The van der Waals surface area contributed by atoms with Crippen LogP contribution in [-0.2, 0) is 11.3 Å². The highest BCUT2D eigenvalue weighted by Crippen LogP contribution is 2.28. The standard InChI is InChI=1S/C17H25N3O2/c1-4-14-15(7-6-13(2)3)20(17(22)16(14)21)10-5-9-19-11-8-18-12-19/h6-8,11-13,15,21H,4-5,9-10H2,1-3H3. The van der Waals surface area contributed by atoms with Crippen molar-refractivity contribution in [3.05, 3.63) is 42.2 Å². The molecule has 0 saturated carbocycles. The van der Waals surface area contributed by atoms with E-state index in [0.717, 1.165) is 18.5 Å². The number of hydrogen-bond donors (Lipinski definition) is 1. The van der Waals surface area contributed by atoms with Crippen LogP contribution in [0.1, 0.15) is 33.6 Å². The van der Waals surface area contributed by atoms with Gasteiger partial charge in [-0.3, -0.25) is 4.79 Å². The van der Waals surface area contributed by atoms with Crippen molar-refractivity contribution in [3.63, 3.8) is 0 Å². The number of nitrogens with zero attached hydrogens (tertiary/aromatic N) is 3. The second-order valence-electron chi connectivity index (χ2n) is 5.95. The first-order valence-corrected chi connectivity index (χ1v) is 7.91. The lowest BCUT2D eigenvalue weighted by molar-refractivity contribution is -0.128. The number of carbonyl (C=O) groups excluding carboxylic acids is 1.